The molecular weight excluding hydrogens is 239 g/mol. The van der Waals surface area contributed by atoms with E-state index in [2.05, 4.69) is 26.1 Å². The van der Waals surface area contributed by atoms with Gasteiger partial charge >= 0.3 is 6.02 Å². The third-order valence-corrected chi connectivity index (χ3v) is 2.30. The van der Waals surface area contributed by atoms with Gasteiger partial charge < -0.3 is 9.22 Å². The van der Waals surface area contributed by atoms with Gasteiger partial charge in [-0.1, -0.05) is 0 Å². The highest BCUT2D eigenvalue weighted by molar-refractivity contribution is 6.22. The molecule has 0 N–H and O–H groups in total. The van der Waals surface area contributed by atoms with E-state index in [0.717, 1.165) is 11.0 Å². The lowest BCUT2D eigenvalue weighted by Gasteiger charge is -2.28. The van der Waals surface area contributed by atoms with Crippen molar-refractivity contribution in [3.8, 4) is 0 Å². The number of aliphatic imine (C=N–C) groups is 1. The minimum Gasteiger partial charge on any atom is -0.458 e. The van der Waals surface area contributed by atoms with E-state index in [-0.39, 0.29) is 0 Å². The molecule has 0 aromatic heterocycles. The molecule has 0 atom stereocenters. The lowest BCUT2D eigenvalue weighted by molar-refractivity contribution is -0.870. The molecule has 0 saturated heterocycles. The summed E-state index contributed by atoms with van der Waals surface area (Å²) in [6.07, 6.45) is 0. The highest BCUT2D eigenvalue weighted by Crippen LogP contribution is 2.10. The van der Waals surface area contributed by atoms with Gasteiger partial charge in [0.1, 0.15) is 26.5 Å². The number of hydrogen-bond donors (Lipinski definition) is 0. The van der Waals surface area contributed by atoms with Crippen molar-refractivity contribution in [2.24, 2.45) is 4.99 Å². The number of rotatable bonds is 3. The summed E-state index contributed by atoms with van der Waals surface area (Å²) in [6, 6.07) is 0.446. The minimum atomic E-state index is 0.407. The van der Waals surface area contributed by atoms with Gasteiger partial charge in [-0.25, -0.2) is 9.41 Å². The Morgan fingerprint density at radius 3 is 2.60 bits per heavy atom. The van der Waals surface area contributed by atoms with Gasteiger partial charge in [-0.15, -0.1) is 0 Å². The summed E-state index contributed by atoms with van der Waals surface area (Å²) in [5, 5.41) is 0. The summed E-state index contributed by atoms with van der Waals surface area (Å²) in [5.41, 5.74) is 0. The first-order valence-electron chi connectivity index (χ1n) is 4.70. The summed E-state index contributed by atoms with van der Waals surface area (Å²) in [5.74, 6) is 0. The first-order chi connectivity index (χ1) is 6.88. The summed E-state index contributed by atoms with van der Waals surface area (Å²) >= 11 is 11.6. The van der Waals surface area contributed by atoms with Crippen LogP contribution in [0.2, 0.25) is 0 Å². The van der Waals surface area contributed by atoms with Crippen LogP contribution in [0.1, 0.15) is 0 Å². The van der Waals surface area contributed by atoms with E-state index < -0.39 is 0 Å². The van der Waals surface area contributed by atoms with Crippen LogP contribution in [0.25, 0.3) is 0 Å². The van der Waals surface area contributed by atoms with Crippen LogP contribution in [0.15, 0.2) is 4.99 Å². The number of halogens is 2. The van der Waals surface area contributed by atoms with E-state index in [0.29, 0.717) is 26.0 Å². The minimum absolute atomic E-state index is 0.407. The molecule has 5 nitrogen and oxygen atoms in total. The second-order valence-corrected chi connectivity index (χ2v) is 5.30. The fourth-order valence-electron chi connectivity index (χ4n) is 0.980. The van der Waals surface area contributed by atoms with Crippen molar-refractivity contribution < 1.29 is 9.22 Å². The fraction of sp³-hybridized carbons (Fsp3) is 0.875. The molecule has 1 aliphatic heterocycles. The molecule has 88 valence electrons. The van der Waals surface area contributed by atoms with Gasteiger partial charge in [-0.2, -0.15) is 4.42 Å². The van der Waals surface area contributed by atoms with E-state index in [4.69, 9.17) is 28.3 Å². The van der Waals surface area contributed by atoms with E-state index in [1.807, 2.05) is 0 Å². The van der Waals surface area contributed by atoms with Gasteiger partial charge in [0, 0.05) is 11.8 Å². The predicted molar refractivity (Wildman–Crippen MR) is 61.4 cm³/mol. The average Bonchev–Trinajstić information content (AvgIpc) is 2.07. The Morgan fingerprint density at radius 2 is 2.07 bits per heavy atom. The summed E-state index contributed by atoms with van der Waals surface area (Å²) in [7, 11) is 6.31. The Labute approximate surface area is 101 Å². The Kier molecular flexibility index (Phi) is 4.45. The molecule has 0 saturated carbocycles. The zero-order valence-electron chi connectivity index (χ0n) is 9.28. The second kappa shape index (κ2) is 5.21. The molecule has 0 fully saturated rings. The molecule has 1 heterocycles. The molecule has 0 radical (unpaired) electrons. The predicted octanol–water partition coefficient (Wildman–Crippen LogP) is 0.905. The summed E-state index contributed by atoms with van der Waals surface area (Å²) < 4.78 is 9.15. The maximum atomic E-state index is 5.87. The van der Waals surface area contributed by atoms with E-state index in [9.17, 15) is 0 Å². The number of hydrogen-bond acceptors (Lipinski definition) is 4. The van der Waals surface area contributed by atoms with E-state index >= 15 is 0 Å². The topological polar surface area (TPSA) is 28.1 Å². The van der Waals surface area contributed by atoms with Crippen LogP contribution in [0.3, 0.4) is 0 Å². The summed E-state index contributed by atoms with van der Waals surface area (Å²) in [4.78, 5) is 4.09. The molecule has 0 amide bonds. The van der Waals surface area contributed by atoms with Crippen molar-refractivity contribution >= 4 is 29.6 Å². The van der Waals surface area contributed by atoms with Crippen LogP contribution in [0.5, 0.6) is 0 Å². The van der Waals surface area contributed by atoms with Crippen LogP contribution in [0.4, 0.5) is 0 Å². The normalized spacial score (nSPS) is 19.0. The molecule has 0 unspecified atom stereocenters. The molecule has 1 aliphatic rings. The van der Waals surface area contributed by atoms with Crippen LogP contribution in [-0.4, -0.2) is 67.0 Å². The lowest BCUT2D eigenvalue weighted by Crippen LogP contribution is -2.41. The van der Waals surface area contributed by atoms with Crippen molar-refractivity contribution in [1.82, 2.24) is 8.84 Å². The molecule has 7 heteroatoms. The highest BCUT2D eigenvalue weighted by Gasteiger charge is 2.19. The molecular formula is C8H17Cl2N4O+. The number of nitrogens with zero attached hydrogens (tertiary/aromatic N) is 4. The molecule has 0 aromatic carbocycles. The van der Waals surface area contributed by atoms with Gasteiger partial charge in [-0.05, 0) is 11.8 Å². The average molecular weight is 256 g/mol. The van der Waals surface area contributed by atoms with Crippen LogP contribution < -0.4 is 0 Å². The Hall–Kier alpha value is -0.230. The molecule has 0 aromatic rings. The third kappa shape index (κ3) is 4.88. The second-order valence-electron chi connectivity index (χ2n) is 4.41. The molecule has 0 bridgehead atoms. The SMILES string of the molecule is C[N+](C)(C)CCOC1=NCN(Cl)CN1Cl. The number of amidine groups is 1. The zero-order valence-corrected chi connectivity index (χ0v) is 10.8. The Morgan fingerprint density at radius 1 is 1.40 bits per heavy atom. The molecule has 0 aliphatic carbocycles. The van der Waals surface area contributed by atoms with Gasteiger partial charge in [0.05, 0.1) is 21.1 Å². The van der Waals surface area contributed by atoms with Crippen LogP contribution >= 0.6 is 23.6 Å². The molecule has 0 spiro atoms. The maximum absolute atomic E-state index is 5.87. The number of quaternary nitrogens is 1. The first kappa shape index (κ1) is 12.8. The Bertz CT molecular complexity index is 241. The smallest absolute Gasteiger partial charge is 0.305 e. The molecule has 1 rings (SSSR count). The third-order valence-electron chi connectivity index (χ3n) is 1.84. The molecule has 15 heavy (non-hydrogen) atoms. The summed E-state index contributed by atoms with van der Waals surface area (Å²) in [6.45, 7) is 2.30. The van der Waals surface area contributed by atoms with Crippen molar-refractivity contribution in [2.45, 2.75) is 0 Å². The van der Waals surface area contributed by atoms with Crippen molar-refractivity contribution in [3.63, 3.8) is 0 Å². The lowest BCUT2D eigenvalue weighted by atomic mass is 10.5. The number of ether oxygens (including phenoxy) is 1. The highest BCUT2D eigenvalue weighted by atomic mass is 35.5. The largest absolute Gasteiger partial charge is 0.458 e. The van der Waals surface area contributed by atoms with Crippen LogP contribution in [0, 0.1) is 0 Å². The van der Waals surface area contributed by atoms with E-state index in [1.54, 1.807) is 0 Å². The zero-order chi connectivity index (χ0) is 11.5. The van der Waals surface area contributed by atoms with E-state index in [1.165, 1.54) is 8.84 Å². The van der Waals surface area contributed by atoms with Crippen molar-refractivity contribution in [1.29, 1.82) is 0 Å². The number of likely N-dealkylation sites (N-methyl/N-ethyl adjacent to an activating group) is 1. The quantitative estimate of drug-likeness (QED) is 0.555. The fourth-order valence-corrected chi connectivity index (χ4v) is 1.43. The van der Waals surface area contributed by atoms with Gasteiger partial charge in [0.25, 0.3) is 0 Å². The van der Waals surface area contributed by atoms with Gasteiger partial charge in [0.2, 0.25) is 0 Å². The van der Waals surface area contributed by atoms with Gasteiger partial charge in [-0.3, -0.25) is 0 Å². The standard InChI is InChI=1S/C8H17Cl2N4O/c1-14(2,3)4-5-15-8-11-6-12(9)7-13(8)10/h4-7H2,1-3H3/q+1. The van der Waals surface area contributed by atoms with Gasteiger partial charge in [0.15, 0.2) is 0 Å². The Balaban J connectivity index is 2.33. The maximum Gasteiger partial charge on any atom is 0.305 e. The van der Waals surface area contributed by atoms with Crippen LogP contribution in [-0.2, 0) is 4.74 Å². The monoisotopic (exact) mass is 255 g/mol. The first-order valence-corrected chi connectivity index (χ1v) is 5.38. The van der Waals surface area contributed by atoms with Crippen molar-refractivity contribution in [3.05, 3.63) is 0 Å². The van der Waals surface area contributed by atoms with Crippen molar-refractivity contribution in [2.75, 3.05) is 47.6 Å².